The van der Waals surface area contributed by atoms with Gasteiger partial charge in [0, 0.05) is 30.9 Å². The Bertz CT molecular complexity index is 2380. The fraction of sp³-hybridized carbons (Fsp3) is 0.244. The second-order valence-electron chi connectivity index (χ2n) is 12.9. The maximum Gasteiger partial charge on any atom is 0.326 e. The molecule has 1 aromatic heterocycles. The van der Waals surface area contributed by atoms with Crippen LogP contribution in [-0.4, -0.2) is 63.9 Å². The summed E-state index contributed by atoms with van der Waals surface area (Å²) >= 11 is 0. The lowest BCUT2D eigenvalue weighted by molar-refractivity contribution is -0.139. The molecule has 1 unspecified atom stereocenters. The number of hydrogen-bond donors (Lipinski definition) is 3. The molecule has 1 aliphatic heterocycles. The number of rotatable bonds is 15. The molecule has 0 saturated carbocycles. The minimum atomic E-state index is -4.37. The normalized spacial score (nSPS) is 12.9. The minimum absolute atomic E-state index is 0.263. The van der Waals surface area contributed by atoms with Gasteiger partial charge in [-0.05, 0) is 90.0 Å². The lowest BCUT2D eigenvalue weighted by atomic mass is 9.89. The molecule has 16 heteroatoms. The Kier molecular flexibility index (Phi) is 12.3. The average molecular weight is 806 g/mol. The van der Waals surface area contributed by atoms with E-state index < -0.39 is 56.8 Å². The van der Waals surface area contributed by atoms with Crippen molar-refractivity contribution in [2.75, 3.05) is 32.2 Å². The van der Waals surface area contributed by atoms with Crippen LogP contribution in [0.15, 0.2) is 83.9 Å². The van der Waals surface area contributed by atoms with Crippen molar-refractivity contribution in [2.45, 2.75) is 43.7 Å². The van der Waals surface area contributed by atoms with Crippen molar-refractivity contribution in [1.29, 1.82) is 0 Å². The molecule has 12 nitrogen and oxygen atoms in total. The first-order valence-corrected chi connectivity index (χ1v) is 19.2. The monoisotopic (exact) mass is 805 g/mol. The Morgan fingerprint density at radius 2 is 1.61 bits per heavy atom. The zero-order valence-corrected chi connectivity index (χ0v) is 31.8. The fourth-order valence-corrected chi connectivity index (χ4v) is 7.62. The van der Waals surface area contributed by atoms with Crippen molar-refractivity contribution >= 4 is 27.6 Å². The number of carboxylic acids is 1. The summed E-state index contributed by atoms with van der Waals surface area (Å²) in [6.07, 6.45) is 2.19. The van der Waals surface area contributed by atoms with E-state index in [4.69, 9.17) is 18.9 Å². The van der Waals surface area contributed by atoms with Gasteiger partial charge in [0.1, 0.15) is 40.5 Å². The molecule has 0 spiro atoms. The Morgan fingerprint density at radius 1 is 0.930 bits per heavy atom. The third-order valence-electron chi connectivity index (χ3n) is 9.24. The SMILES string of the molecule is CCOCc1cc(OC)c(-c2ccc(CC(NC(=O)c3c(F)cc(NS(=O)(=O)c4ccc(-c5ccnc(F)c5)cc4)cc3F)C(=O)O)c3c2CCCO3)c(OC)c1. The highest BCUT2D eigenvalue weighted by Gasteiger charge is 2.30. The number of carbonyl (C=O) groups is 2. The number of anilines is 1. The highest BCUT2D eigenvalue weighted by atomic mass is 32.2. The fourth-order valence-electron chi connectivity index (χ4n) is 6.58. The van der Waals surface area contributed by atoms with Crippen LogP contribution in [0, 0.1) is 17.6 Å². The first-order chi connectivity index (χ1) is 27.3. The van der Waals surface area contributed by atoms with Crippen molar-refractivity contribution in [2.24, 2.45) is 0 Å². The topological polar surface area (TPSA) is 162 Å². The van der Waals surface area contributed by atoms with Gasteiger partial charge in [0.15, 0.2) is 0 Å². The molecule has 5 aromatic rings. The van der Waals surface area contributed by atoms with Crippen LogP contribution in [-0.2, 0) is 39.0 Å². The Labute approximate surface area is 326 Å². The van der Waals surface area contributed by atoms with Gasteiger partial charge >= 0.3 is 5.97 Å². The van der Waals surface area contributed by atoms with Crippen molar-refractivity contribution in [1.82, 2.24) is 10.3 Å². The maximum absolute atomic E-state index is 15.4. The zero-order valence-electron chi connectivity index (χ0n) is 31.0. The lowest BCUT2D eigenvalue weighted by Crippen LogP contribution is -2.43. The second kappa shape index (κ2) is 17.3. The molecule has 1 atom stereocenters. The summed E-state index contributed by atoms with van der Waals surface area (Å²) in [7, 11) is -1.30. The molecule has 2 heterocycles. The van der Waals surface area contributed by atoms with Gasteiger partial charge in [-0.15, -0.1) is 0 Å². The van der Waals surface area contributed by atoms with Crippen molar-refractivity contribution in [3.63, 3.8) is 0 Å². The van der Waals surface area contributed by atoms with E-state index in [9.17, 15) is 27.5 Å². The van der Waals surface area contributed by atoms with E-state index in [1.54, 1.807) is 12.1 Å². The molecule has 6 rings (SSSR count). The van der Waals surface area contributed by atoms with Crippen molar-refractivity contribution < 1.29 is 55.2 Å². The van der Waals surface area contributed by atoms with E-state index in [0.29, 0.717) is 84.3 Å². The number of hydrogen-bond acceptors (Lipinski definition) is 9. The van der Waals surface area contributed by atoms with E-state index in [2.05, 4.69) is 15.0 Å². The third-order valence-corrected chi connectivity index (χ3v) is 10.6. The Balaban J connectivity index is 1.22. The smallest absolute Gasteiger partial charge is 0.326 e. The molecular formula is C41H38F3N3O9S. The predicted octanol–water partition coefficient (Wildman–Crippen LogP) is 6.94. The summed E-state index contributed by atoms with van der Waals surface area (Å²) in [5.41, 5.74) is 2.72. The number of sulfonamides is 1. The van der Waals surface area contributed by atoms with Gasteiger partial charge < -0.3 is 29.4 Å². The Hall–Kier alpha value is -6.13. The number of methoxy groups -OCH3 is 2. The molecule has 0 bridgehead atoms. The molecule has 57 heavy (non-hydrogen) atoms. The van der Waals surface area contributed by atoms with Crippen LogP contribution in [0.3, 0.4) is 0 Å². The number of carbonyl (C=O) groups excluding carboxylic acids is 1. The van der Waals surface area contributed by atoms with Crippen LogP contribution in [0.2, 0.25) is 0 Å². The van der Waals surface area contributed by atoms with Crippen LogP contribution in [0.4, 0.5) is 18.9 Å². The molecule has 3 N–H and O–H groups in total. The highest BCUT2D eigenvalue weighted by Crippen LogP contribution is 2.46. The first-order valence-electron chi connectivity index (χ1n) is 17.7. The molecule has 0 aliphatic carbocycles. The Morgan fingerprint density at radius 3 is 2.23 bits per heavy atom. The van der Waals surface area contributed by atoms with Crippen molar-refractivity contribution in [3.8, 4) is 39.5 Å². The zero-order chi connectivity index (χ0) is 40.9. The molecule has 0 fully saturated rings. The largest absolute Gasteiger partial charge is 0.496 e. The summed E-state index contributed by atoms with van der Waals surface area (Å²) in [6.45, 7) is 3.10. The van der Waals surface area contributed by atoms with E-state index in [1.165, 1.54) is 56.8 Å². The number of nitrogens with one attached hydrogen (secondary N) is 2. The number of halogens is 3. The quantitative estimate of drug-likeness (QED) is 0.0946. The number of carboxylic acid groups (broad SMARTS) is 1. The summed E-state index contributed by atoms with van der Waals surface area (Å²) in [6, 6.07) is 14.7. The van der Waals surface area contributed by atoms with Gasteiger partial charge in [0.2, 0.25) is 5.95 Å². The molecule has 0 radical (unpaired) electrons. The number of amides is 1. The lowest BCUT2D eigenvalue weighted by Gasteiger charge is -2.26. The third kappa shape index (κ3) is 8.97. The van der Waals surface area contributed by atoms with Gasteiger partial charge in [0.25, 0.3) is 15.9 Å². The van der Waals surface area contributed by atoms with Gasteiger partial charge in [-0.3, -0.25) is 9.52 Å². The summed E-state index contributed by atoms with van der Waals surface area (Å²) in [4.78, 5) is 28.9. The summed E-state index contributed by atoms with van der Waals surface area (Å²) in [5.74, 6) is -4.98. The molecule has 298 valence electrons. The van der Waals surface area contributed by atoms with Gasteiger partial charge in [-0.1, -0.05) is 24.3 Å². The van der Waals surface area contributed by atoms with E-state index in [-0.39, 0.29) is 11.3 Å². The maximum atomic E-state index is 15.4. The van der Waals surface area contributed by atoms with E-state index >= 15 is 8.78 Å². The second-order valence-corrected chi connectivity index (χ2v) is 14.6. The van der Waals surface area contributed by atoms with Crippen LogP contribution in [0.5, 0.6) is 17.2 Å². The predicted molar refractivity (Wildman–Crippen MR) is 204 cm³/mol. The number of benzene rings is 4. The van der Waals surface area contributed by atoms with Crippen LogP contribution in [0.25, 0.3) is 22.3 Å². The van der Waals surface area contributed by atoms with Gasteiger partial charge in [0.05, 0.1) is 43.6 Å². The number of pyridine rings is 1. The average Bonchev–Trinajstić information content (AvgIpc) is 3.19. The highest BCUT2D eigenvalue weighted by molar-refractivity contribution is 7.92. The molecule has 4 aromatic carbocycles. The van der Waals surface area contributed by atoms with Crippen LogP contribution < -0.4 is 24.2 Å². The van der Waals surface area contributed by atoms with Gasteiger partial charge in [-0.2, -0.15) is 4.39 Å². The summed E-state index contributed by atoms with van der Waals surface area (Å²) < 4.78 is 95.6. The van der Waals surface area contributed by atoms with E-state index in [1.807, 2.05) is 19.1 Å². The minimum Gasteiger partial charge on any atom is -0.496 e. The summed E-state index contributed by atoms with van der Waals surface area (Å²) in [5, 5.41) is 12.3. The molecule has 1 amide bonds. The van der Waals surface area contributed by atoms with Crippen LogP contribution in [0.1, 0.15) is 40.4 Å². The van der Waals surface area contributed by atoms with E-state index in [0.717, 1.165) is 16.7 Å². The van der Waals surface area contributed by atoms with Gasteiger partial charge in [-0.25, -0.2) is 27.0 Å². The number of aliphatic carboxylic acids is 1. The number of fused-ring (bicyclic) bond motifs is 1. The first kappa shape index (κ1) is 40.5. The molecular weight excluding hydrogens is 768 g/mol. The molecule has 1 aliphatic rings. The number of nitrogens with zero attached hydrogens (tertiary/aromatic N) is 1. The van der Waals surface area contributed by atoms with Crippen LogP contribution >= 0.6 is 0 Å². The number of aromatic nitrogens is 1. The molecule has 0 saturated heterocycles. The van der Waals surface area contributed by atoms with Crippen molar-refractivity contribution in [3.05, 3.63) is 119 Å². The number of ether oxygens (including phenoxy) is 4. The standard InChI is InChI=1S/C41H38F3N3O9S/c1-4-55-22-23-16-34(53-2)37(35(17-23)54-3)29-12-9-26(39-30(29)6-5-15-56-39)18-33(41(49)50)46-40(48)38-31(42)20-27(21-32(38)43)47-57(51,52)28-10-7-24(8-11-28)25-13-14-45-36(44)19-25/h7-14,16-17,19-21,33,47H,4-6,15,18,22H2,1-3H3,(H,46,48)(H,49,50).